The summed E-state index contributed by atoms with van der Waals surface area (Å²) in [6.45, 7) is 19.3. The predicted molar refractivity (Wildman–Crippen MR) is 560 cm³/mol. The molecule has 20 aromatic rings. The van der Waals surface area contributed by atoms with Crippen molar-refractivity contribution in [1.82, 2.24) is 39.9 Å². The van der Waals surface area contributed by atoms with E-state index in [1.807, 2.05) is 288 Å². The molecule has 0 aliphatic carbocycles. The second-order valence-electron chi connectivity index (χ2n) is 33.4. The standard InChI is InChI=1S/C21H20N.2C18H14N.C17H12N.2C15H16N.C12H10N.C11H8N.4Ir/c1-16(2)13-17-11-12-21(22-15-17)20-10-6-9-19(14-20)18-7-4-3-5-8-18;2*1-14-7-5-12-18(19-14)17-11-6-10-16(13-17)15-8-3-2-4-9-15;1-2-7-14(8-3-1)15-9-6-10-16(13-15)17-11-4-5-12-18-17;1-12(2)11-14-9-6-10-15(16-14)13-7-4-3-5-8-13;1-12(2)10-13-8-9-15(16-11-13)14-6-4-3-5-7-14;1-10-6-5-9-12(13-10)11-7-3-2-4-8-11;1-2-6-10(7-3-1)11-8-4-5-9-12-11;;;;/h3-9,11-12,14-16H,13H2,1-2H3;2*2-10,12-13H,1H3;1-9,11-13H;3-7,9-10,12H,11H2,1-2H3;3-6,8-9,11-12H,10H2,1-2H3;2-7,9H,1H3;1-6,8-9H;;;;/q8*-1;;;;. The van der Waals surface area contributed by atoms with Gasteiger partial charge in [-0.25, -0.2) is 0 Å². The summed E-state index contributed by atoms with van der Waals surface area (Å²) in [5.74, 6) is 1.97. The minimum atomic E-state index is 0. The van der Waals surface area contributed by atoms with E-state index in [2.05, 4.69) is 300 Å². The van der Waals surface area contributed by atoms with Gasteiger partial charge in [0.15, 0.2) is 0 Å². The Labute approximate surface area is 878 Å². The number of rotatable bonds is 18. The second-order valence-corrected chi connectivity index (χ2v) is 33.4. The van der Waals surface area contributed by atoms with Gasteiger partial charge in [0, 0.05) is 128 Å². The van der Waals surface area contributed by atoms with Gasteiger partial charge >= 0.3 is 0 Å². The zero-order valence-corrected chi connectivity index (χ0v) is 89.1. The fourth-order valence-corrected chi connectivity index (χ4v) is 14.5. The van der Waals surface area contributed by atoms with Crippen LogP contribution < -0.4 is 0 Å². The second kappa shape index (κ2) is 59.5. The van der Waals surface area contributed by atoms with E-state index in [9.17, 15) is 0 Å². The van der Waals surface area contributed by atoms with Crippen LogP contribution in [0, 0.1) is 87.1 Å². The van der Waals surface area contributed by atoms with Crippen molar-refractivity contribution in [3.63, 3.8) is 0 Å². The van der Waals surface area contributed by atoms with Crippen LogP contribution in [0.4, 0.5) is 0 Å². The molecule has 0 saturated heterocycles. The minimum Gasteiger partial charge on any atom is -0.305 e. The first-order valence-electron chi connectivity index (χ1n) is 45.8. The number of hydrogen-bond acceptors (Lipinski definition) is 8. The molecule has 12 heteroatoms. The summed E-state index contributed by atoms with van der Waals surface area (Å²) in [4.78, 5) is 35.8. The van der Waals surface area contributed by atoms with E-state index in [1.54, 1.807) is 12.4 Å². The van der Waals surface area contributed by atoms with Crippen LogP contribution in [0.15, 0.2) is 449 Å². The van der Waals surface area contributed by atoms with Crippen LogP contribution in [0.25, 0.3) is 135 Å². The average Bonchev–Trinajstić information content (AvgIpc) is 0.839. The van der Waals surface area contributed by atoms with Gasteiger partial charge in [-0.3, -0.25) is 0 Å². The van der Waals surface area contributed by atoms with Crippen molar-refractivity contribution in [1.29, 1.82) is 0 Å². The molecule has 0 aliphatic rings. The van der Waals surface area contributed by atoms with E-state index in [-0.39, 0.29) is 80.4 Å². The molecule has 8 nitrogen and oxygen atoms in total. The molecule has 0 N–H and O–H groups in total. The molecule has 0 amide bonds. The molecule has 0 aliphatic heterocycles. The maximum absolute atomic E-state index is 4.65. The van der Waals surface area contributed by atoms with Crippen molar-refractivity contribution in [3.05, 3.63) is 532 Å². The summed E-state index contributed by atoms with van der Waals surface area (Å²) in [5.41, 5.74) is 32.6. The van der Waals surface area contributed by atoms with Crippen LogP contribution in [0.5, 0.6) is 0 Å². The van der Waals surface area contributed by atoms with Gasteiger partial charge in [-0.15, -0.1) is 285 Å². The summed E-state index contributed by atoms with van der Waals surface area (Å²) in [6.07, 6.45) is 10.7. The van der Waals surface area contributed by atoms with Crippen molar-refractivity contribution >= 4 is 0 Å². The molecule has 12 aromatic carbocycles. The summed E-state index contributed by atoms with van der Waals surface area (Å²) < 4.78 is 0. The fraction of sp³-hybridized carbons (Fsp3) is 0.118. The Morgan fingerprint density at radius 1 is 0.194 bits per heavy atom. The number of benzene rings is 12. The molecule has 0 spiro atoms. The molecule has 702 valence electrons. The molecule has 4 radical (unpaired) electrons. The zero-order valence-electron chi connectivity index (χ0n) is 79.5. The van der Waals surface area contributed by atoms with Gasteiger partial charge in [-0.2, -0.15) is 0 Å². The van der Waals surface area contributed by atoms with Gasteiger partial charge < -0.3 is 39.9 Å². The molecule has 0 atom stereocenters. The van der Waals surface area contributed by atoms with E-state index < -0.39 is 0 Å². The van der Waals surface area contributed by atoms with Gasteiger partial charge in [0.25, 0.3) is 0 Å². The maximum Gasteiger partial charge on any atom is 0.0299 e. The van der Waals surface area contributed by atoms with Gasteiger partial charge in [0.1, 0.15) is 0 Å². The Morgan fingerprint density at radius 2 is 0.446 bits per heavy atom. The number of aromatic nitrogens is 8. The topological polar surface area (TPSA) is 103 Å². The Bertz CT molecular complexity index is 6620. The zero-order chi connectivity index (χ0) is 93.8. The number of pyridine rings is 8. The quantitative estimate of drug-likeness (QED) is 0.0783. The maximum atomic E-state index is 4.65. The van der Waals surface area contributed by atoms with Crippen LogP contribution in [-0.2, 0) is 99.7 Å². The molecule has 20 rings (SSSR count). The van der Waals surface area contributed by atoms with Crippen molar-refractivity contribution in [2.75, 3.05) is 0 Å². The van der Waals surface area contributed by atoms with Crippen LogP contribution in [0.2, 0.25) is 0 Å². The Hall–Kier alpha value is -13.6. The third-order valence-corrected chi connectivity index (χ3v) is 21.0. The van der Waals surface area contributed by atoms with Gasteiger partial charge in [-0.05, 0) is 173 Å². The first-order valence-corrected chi connectivity index (χ1v) is 45.8. The third kappa shape index (κ3) is 36.4. The summed E-state index contributed by atoms with van der Waals surface area (Å²) in [6, 6.07) is 168. The van der Waals surface area contributed by atoms with Gasteiger partial charge in [0.05, 0.1) is 0 Å². The molecule has 0 saturated carbocycles. The van der Waals surface area contributed by atoms with E-state index in [0.717, 1.165) is 132 Å². The molecule has 8 aromatic heterocycles. The SMILES string of the molecule is CC(C)Cc1ccc(-c2[c-]ccc(-c3ccccc3)c2)nc1.CC(C)Cc1ccc(-c2[c-]cccc2)nc1.CC(C)Cc1cccc(-c2[c-]cccc2)n1.Cc1cccc(-c2[c-]ccc(-c3ccccc3)c2)n1.Cc1cccc(-c2[c-]ccc(-c3ccccc3)c2)n1.Cc1cccc(-c2[c-]cccc2)n1.[Ir].[Ir].[Ir].[Ir].[c-]1ccc(-c2ccccc2)cc1-c1ccccn1.[c-]1ccccc1-c1ccccn1. The molecule has 8 heterocycles. The summed E-state index contributed by atoms with van der Waals surface area (Å²) >= 11 is 0. The van der Waals surface area contributed by atoms with E-state index in [1.165, 1.54) is 55.6 Å². The number of aryl methyl sites for hydroxylation is 3. The first-order chi connectivity index (χ1) is 66.1. The monoisotopic (exact) mass is 2520 g/mol. The largest absolute Gasteiger partial charge is 0.305 e. The van der Waals surface area contributed by atoms with Crippen LogP contribution in [-0.4, -0.2) is 39.9 Å². The summed E-state index contributed by atoms with van der Waals surface area (Å²) in [7, 11) is 0. The van der Waals surface area contributed by atoms with Crippen molar-refractivity contribution in [2.24, 2.45) is 17.8 Å². The van der Waals surface area contributed by atoms with Crippen molar-refractivity contribution in [2.45, 2.75) is 81.6 Å². The predicted octanol–water partition coefficient (Wildman–Crippen LogP) is 31.6. The van der Waals surface area contributed by atoms with E-state index in [0.29, 0.717) is 17.8 Å². The van der Waals surface area contributed by atoms with Gasteiger partial charge in [0.2, 0.25) is 0 Å². The summed E-state index contributed by atoms with van der Waals surface area (Å²) in [5, 5.41) is 0. The Balaban J connectivity index is 0.000000178. The molecule has 139 heavy (non-hydrogen) atoms. The number of hydrogen-bond donors (Lipinski definition) is 0. The molecule has 0 unspecified atom stereocenters. The Morgan fingerprint density at radius 3 is 0.727 bits per heavy atom. The normalized spacial score (nSPS) is 10.1. The van der Waals surface area contributed by atoms with Crippen LogP contribution in [0.1, 0.15) is 75.4 Å². The van der Waals surface area contributed by atoms with E-state index in [4.69, 9.17) is 0 Å². The third-order valence-electron chi connectivity index (χ3n) is 21.0. The van der Waals surface area contributed by atoms with E-state index >= 15 is 0 Å². The smallest absolute Gasteiger partial charge is 0.0299 e. The molecule has 0 bridgehead atoms. The van der Waals surface area contributed by atoms with Gasteiger partial charge in [-0.1, -0.05) is 260 Å². The molecular weight excluding hydrogens is 2410 g/mol. The number of nitrogens with zero attached hydrogens (tertiary/aromatic N) is 8. The molecule has 0 fully saturated rings. The minimum absolute atomic E-state index is 0. The first kappa shape index (κ1) is 109. The van der Waals surface area contributed by atoms with Crippen molar-refractivity contribution < 1.29 is 80.4 Å². The fourth-order valence-electron chi connectivity index (χ4n) is 14.5. The van der Waals surface area contributed by atoms with Crippen molar-refractivity contribution in [3.8, 4) is 135 Å². The average molecular weight is 2520 g/mol. The molecular formula is C127H110Ir4N8-8. The Kier molecular flexibility index (Phi) is 46.7. The van der Waals surface area contributed by atoms with Crippen LogP contribution >= 0.6 is 0 Å². The van der Waals surface area contributed by atoms with Crippen LogP contribution in [0.3, 0.4) is 0 Å².